The summed E-state index contributed by atoms with van der Waals surface area (Å²) in [6, 6.07) is 5.19. The van der Waals surface area contributed by atoms with Crippen molar-refractivity contribution in [2.45, 2.75) is 13.0 Å². The van der Waals surface area contributed by atoms with Crippen LogP contribution in [-0.2, 0) is 0 Å². The Morgan fingerprint density at radius 3 is 2.83 bits per heavy atom. The maximum absolute atomic E-state index is 11.4. The highest BCUT2D eigenvalue weighted by Crippen LogP contribution is 2.27. The molecule has 1 aromatic rings. The summed E-state index contributed by atoms with van der Waals surface area (Å²) in [6.07, 6.45) is 0. The Hall–Kier alpha value is -1.27. The number of benzene rings is 1. The van der Waals surface area contributed by atoms with Crippen LogP contribution in [0.15, 0.2) is 22.7 Å². The van der Waals surface area contributed by atoms with Crippen molar-refractivity contribution < 1.29 is 14.6 Å². The first-order valence-corrected chi connectivity index (χ1v) is 6.36. The van der Waals surface area contributed by atoms with Crippen LogP contribution in [0.25, 0.3) is 0 Å². The highest BCUT2D eigenvalue weighted by molar-refractivity contribution is 9.10. The van der Waals surface area contributed by atoms with Gasteiger partial charge in [-0.2, -0.15) is 0 Å². The number of rotatable bonds is 5. The van der Waals surface area contributed by atoms with Gasteiger partial charge < -0.3 is 20.5 Å². The van der Waals surface area contributed by atoms with E-state index in [1.165, 1.54) is 0 Å². The Morgan fingerprint density at radius 1 is 1.56 bits per heavy atom. The maximum atomic E-state index is 11.4. The Labute approximate surface area is 115 Å². The molecule has 0 saturated carbocycles. The van der Waals surface area contributed by atoms with E-state index in [0.717, 1.165) is 15.8 Å². The van der Waals surface area contributed by atoms with Crippen LogP contribution in [-0.4, -0.2) is 31.4 Å². The Morgan fingerprint density at radius 2 is 2.28 bits per heavy atom. The van der Waals surface area contributed by atoms with E-state index in [1.807, 2.05) is 25.1 Å². The maximum Gasteiger partial charge on any atom is 0.315 e. The van der Waals surface area contributed by atoms with Crippen LogP contribution in [0.3, 0.4) is 0 Å². The van der Waals surface area contributed by atoms with Gasteiger partial charge in [0.15, 0.2) is 0 Å². The molecule has 100 valence electrons. The van der Waals surface area contributed by atoms with Gasteiger partial charge in [0.25, 0.3) is 0 Å². The number of methoxy groups -OCH3 is 1. The zero-order chi connectivity index (χ0) is 13.5. The number of urea groups is 1. The third kappa shape index (κ3) is 4.19. The molecular weight excluding hydrogens is 300 g/mol. The fourth-order valence-electron chi connectivity index (χ4n) is 1.45. The van der Waals surface area contributed by atoms with Gasteiger partial charge in [0.2, 0.25) is 0 Å². The number of aliphatic hydroxyl groups excluding tert-OH is 1. The van der Waals surface area contributed by atoms with Crippen molar-refractivity contribution in [3.63, 3.8) is 0 Å². The molecule has 1 atom stereocenters. The van der Waals surface area contributed by atoms with E-state index in [0.29, 0.717) is 0 Å². The largest absolute Gasteiger partial charge is 0.496 e. The molecule has 2 amide bonds. The molecule has 0 bridgehead atoms. The highest BCUT2D eigenvalue weighted by atomic mass is 79.9. The minimum Gasteiger partial charge on any atom is -0.496 e. The number of aliphatic hydroxyl groups is 1. The average Bonchev–Trinajstić information content (AvgIpc) is 2.36. The Kier molecular flexibility index (Phi) is 5.94. The van der Waals surface area contributed by atoms with Crippen LogP contribution in [0.5, 0.6) is 5.75 Å². The lowest BCUT2D eigenvalue weighted by Gasteiger charge is -2.16. The second-order valence-electron chi connectivity index (χ2n) is 3.74. The van der Waals surface area contributed by atoms with Crippen LogP contribution >= 0.6 is 15.9 Å². The number of carbonyl (C=O) groups excluding carboxylic acids is 1. The first-order valence-electron chi connectivity index (χ1n) is 5.57. The number of hydrogen-bond acceptors (Lipinski definition) is 3. The summed E-state index contributed by atoms with van der Waals surface area (Å²) in [5.74, 6) is 0.746. The molecule has 3 N–H and O–H groups in total. The molecule has 6 heteroatoms. The molecule has 1 rings (SSSR count). The number of halogens is 1. The molecule has 1 unspecified atom stereocenters. The summed E-state index contributed by atoms with van der Waals surface area (Å²) >= 11 is 3.40. The van der Waals surface area contributed by atoms with Crippen molar-refractivity contribution in [1.29, 1.82) is 0 Å². The smallest absolute Gasteiger partial charge is 0.315 e. The molecule has 0 spiro atoms. The quantitative estimate of drug-likeness (QED) is 0.776. The first-order chi connectivity index (χ1) is 8.58. The van der Waals surface area contributed by atoms with Gasteiger partial charge in [-0.25, -0.2) is 4.79 Å². The molecule has 0 aliphatic rings. The topological polar surface area (TPSA) is 70.6 Å². The lowest BCUT2D eigenvalue weighted by molar-refractivity contribution is 0.231. The number of carbonyl (C=O) groups is 1. The van der Waals surface area contributed by atoms with E-state index in [1.54, 1.807) is 7.11 Å². The van der Waals surface area contributed by atoms with Crippen molar-refractivity contribution in [1.82, 2.24) is 10.6 Å². The molecule has 0 fully saturated rings. The minimum absolute atomic E-state index is 0.0735. The van der Waals surface area contributed by atoms with Crippen molar-refractivity contribution >= 4 is 22.0 Å². The second kappa shape index (κ2) is 7.23. The van der Waals surface area contributed by atoms with Crippen LogP contribution in [0.2, 0.25) is 0 Å². The molecule has 0 aliphatic heterocycles. The van der Waals surface area contributed by atoms with Crippen LogP contribution in [0.1, 0.15) is 18.5 Å². The number of ether oxygens (including phenoxy) is 1. The monoisotopic (exact) mass is 316 g/mol. The van der Waals surface area contributed by atoms with E-state index in [-0.39, 0.29) is 25.2 Å². The van der Waals surface area contributed by atoms with Gasteiger partial charge in [0.05, 0.1) is 24.2 Å². The van der Waals surface area contributed by atoms with E-state index < -0.39 is 0 Å². The van der Waals surface area contributed by atoms with Gasteiger partial charge in [-0.15, -0.1) is 0 Å². The van der Waals surface area contributed by atoms with Gasteiger partial charge in [0, 0.05) is 6.54 Å². The SMILES string of the molecule is COc1ccc(C(C)NC(=O)NCCO)cc1Br. The molecule has 1 aromatic carbocycles. The predicted molar refractivity (Wildman–Crippen MR) is 72.7 cm³/mol. The normalized spacial score (nSPS) is 11.8. The van der Waals surface area contributed by atoms with Crippen LogP contribution in [0.4, 0.5) is 4.79 Å². The van der Waals surface area contributed by atoms with E-state index in [4.69, 9.17) is 9.84 Å². The highest BCUT2D eigenvalue weighted by Gasteiger charge is 2.10. The zero-order valence-electron chi connectivity index (χ0n) is 10.4. The Bertz CT molecular complexity index is 412. The molecule has 0 saturated heterocycles. The third-order valence-corrected chi connectivity index (χ3v) is 3.04. The van der Waals surface area contributed by atoms with Crippen molar-refractivity contribution in [3.05, 3.63) is 28.2 Å². The van der Waals surface area contributed by atoms with Gasteiger partial charge in [-0.3, -0.25) is 0 Å². The molecular formula is C12H17BrN2O3. The van der Waals surface area contributed by atoms with E-state index >= 15 is 0 Å². The summed E-state index contributed by atoms with van der Waals surface area (Å²) in [5.41, 5.74) is 0.960. The fraction of sp³-hybridized carbons (Fsp3) is 0.417. The molecule has 5 nitrogen and oxygen atoms in total. The Balaban J connectivity index is 2.63. The molecule has 18 heavy (non-hydrogen) atoms. The summed E-state index contributed by atoms with van der Waals surface area (Å²) in [4.78, 5) is 11.4. The minimum atomic E-state index is -0.302. The molecule has 0 aliphatic carbocycles. The summed E-state index contributed by atoms with van der Waals surface area (Å²) < 4.78 is 5.98. The molecule has 0 aromatic heterocycles. The molecule has 0 heterocycles. The lowest BCUT2D eigenvalue weighted by atomic mass is 10.1. The first kappa shape index (κ1) is 14.8. The van der Waals surface area contributed by atoms with Crippen LogP contribution in [0, 0.1) is 0 Å². The summed E-state index contributed by atoms with van der Waals surface area (Å²) in [7, 11) is 1.60. The van der Waals surface area contributed by atoms with Crippen molar-refractivity contribution in [3.8, 4) is 5.75 Å². The zero-order valence-corrected chi connectivity index (χ0v) is 12.0. The van der Waals surface area contributed by atoms with Crippen molar-refractivity contribution in [2.75, 3.05) is 20.3 Å². The van der Waals surface area contributed by atoms with Gasteiger partial charge >= 0.3 is 6.03 Å². The van der Waals surface area contributed by atoms with Gasteiger partial charge in [0.1, 0.15) is 5.75 Å². The third-order valence-electron chi connectivity index (χ3n) is 2.42. The average molecular weight is 317 g/mol. The second-order valence-corrected chi connectivity index (χ2v) is 4.59. The van der Waals surface area contributed by atoms with Gasteiger partial charge in [-0.05, 0) is 40.5 Å². The van der Waals surface area contributed by atoms with Crippen molar-refractivity contribution in [2.24, 2.45) is 0 Å². The standard InChI is InChI=1S/C12H17BrN2O3/c1-8(15-12(17)14-5-6-16)9-3-4-11(18-2)10(13)7-9/h3-4,7-8,16H,5-6H2,1-2H3,(H2,14,15,17). The fourth-order valence-corrected chi connectivity index (χ4v) is 2.01. The van der Waals surface area contributed by atoms with Crippen LogP contribution < -0.4 is 15.4 Å². The number of nitrogens with one attached hydrogen (secondary N) is 2. The summed E-state index contributed by atoms with van der Waals surface area (Å²) in [5, 5.41) is 13.9. The molecule has 0 radical (unpaired) electrons. The van der Waals surface area contributed by atoms with E-state index in [2.05, 4.69) is 26.6 Å². The van der Waals surface area contributed by atoms with Gasteiger partial charge in [-0.1, -0.05) is 6.07 Å². The predicted octanol–water partition coefficient (Wildman–Crippen LogP) is 1.81. The summed E-state index contributed by atoms with van der Waals surface area (Å²) in [6.45, 7) is 2.05. The lowest BCUT2D eigenvalue weighted by Crippen LogP contribution is -2.38. The van der Waals surface area contributed by atoms with E-state index in [9.17, 15) is 4.79 Å². The number of hydrogen-bond donors (Lipinski definition) is 3. The number of amides is 2.